The Morgan fingerprint density at radius 2 is 2.10 bits per heavy atom. The molecule has 1 aliphatic heterocycles. The second kappa shape index (κ2) is 6.70. The Hall–Kier alpha value is -1.62. The zero-order valence-corrected chi connectivity index (χ0v) is 11.8. The molecule has 0 aliphatic carbocycles. The summed E-state index contributed by atoms with van der Waals surface area (Å²) in [5, 5.41) is 0. The van der Waals surface area contributed by atoms with Gasteiger partial charge in [0.25, 0.3) is 0 Å². The highest BCUT2D eigenvalue weighted by Gasteiger charge is 2.13. The number of carbonyl (C=O) groups is 1. The molecule has 20 heavy (non-hydrogen) atoms. The zero-order valence-electron chi connectivity index (χ0n) is 11.8. The molecule has 1 aliphatic rings. The molecule has 4 nitrogen and oxygen atoms in total. The van der Waals surface area contributed by atoms with Gasteiger partial charge in [0, 0.05) is 17.8 Å². The number of nitrogens with zero attached hydrogens (tertiary/aromatic N) is 1. The van der Waals surface area contributed by atoms with E-state index in [0.29, 0.717) is 12.2 Å². The zero-order chi connectivity index (χ0) is 14.5. The normalized spacial score (nSPS) is 15.5. The van der Waals surface area contributed by atoms with Crippen molar-refractivity contribution in [3.8, 4) is 0 Å². The van der Waals surface area contributed by atoms with Gasteiger partial charge < -0.3 is 15.4 Å². The van der Waals surface area contributed by atoms with Crippen LogP contribution < -0.4 is 5.73 Å². The highest BCUT2D eigenvalue weighted by atomic mass is 19.1. The van der Waals surface area contributed by atoms with Crippen molar-refractivity contribution in [1.29, 1.82) is 0 Å². The van der Waals surface area contributed by atoms with E-state index >= 15 is 0 Å². The van der Waals surface area contributed by atoms with Gasteiger partial charge in [-0.1, -0.05) is 0 Å². The lowest BCUT2D eigenvalue weighted by Gasteiger charge is -2.14. The third-order valence-corrected chi connectivity index (χ3v) is 3.67. The summed E-state index contributed by atoms with van der Waals surface area (Å²) in [4.78, 5) is 14.2. The summed E-state index contributed by atoms with van der Waals surface area (Å²) in [6.45, 7) is 5.14. The van der Waals surface area contributed by atoms with Crippen LogP contribution in [0, 0.1) is 12.7 Å². The number of esters is 1. The number of halogens is 1. The molecule has 1 aromatic rings. The van der Waals surface area contributed by atoms with Crippen LogP contribution in [0.1, 0.15) is 35.2 Å². The molecule has 0 radical (unpaired) electrons. The van der Waals surface area contributed by atoms with E-state index in [0.717, 1.165) is 26.1 Å². The number of carbonyl (C=O) groups excluding carboxylic acids is 1. The summed E-state index contributed by atoms with van der Waals surface area (Å²) in [6.07, 6.45) is 3.30. The molecule has 1 heterocycles. The lowest BCUT2D eigenvalue weighted by atomic mass is 10.1. The highest BCUT2D eigenvalue weighted by molar-refractivity contribution is 5.90. The number of nitrogen functional groups attached to an aromatic ring is 1. The Morgan fingerprint density at radius 3 is 2.75 bits per heavy atom. The summed E-state index contributed by atoms with van der Waals surface area (Å²) in [5.74, 6) is -0.994. The maximum atomic E-state index is 13.5. The van der Waals surface area contributed by atoms with Gasteiger partial charge in [0.15, 0.2) is 0 Å². The van der Waals surface area contributed by atoms with E-state index < -0.39 is 11.8 Å². The number of hydrogen-bond acceptors (Lipinski definition) is 4. The summed E-state index contributed by atoms with van der Waals surface area (Å²) < 4.78 is 18.6. The Morgan fingerprint density at radius 1 is 1.40 bits per heavy atom. The SMILES string of the molecule is Cc1c(N)cc(C(=O)OCCCN2CCCC2)cc1F. The molecule has 1 aromatic carbocycles. The van der Waals surface area contributed by atoms with Crippen LogP contribution in [0.2, 0.25) is 0 Å². The van der Waals surface area contributed by atoms with Gasteiger partial charge in [-0.3, -0.25) is 0 Å². The molecule has 2 N–H and O–H groups in total. The van der Waals surface area contributed by atoms with E-state index in [1.807, 2.05) is 0 Å². The Labute approximate surface area is 118 Å². The van der Waals surface area contributed by atoms with Gasteiger partial charge in [-0.2, -0.15) is 0 Å². The van der Waals surface area contributed by atoms with Gasteiger partial charge in [0.1, 0.15) is 5.82 Å². The minimum Gasteiger partial charge on any atom is -0.462 e. The van der Waals surface area contributed by atoms with Crippen molar-refractivity contribution in [2.75, 3.05) is 32.0 Å². The molecule has 0 atom stereocenters. The molecular formula is C15H21FN2O2. The van der Waals surface area contributed by atoms with Crippen molar-refractivity contribution in [3.05, 3.63) is 29.1 Å². The van der Waals surface area contributed by atoms with Crippen LogP contribution in [0.25, 0.3) is 0 Å². The number of hydrogen-bond donors (Lipinski definition) is 1. The molecular weight excluding hydrogens is 259 g/mol. The van der Waals surface area contributed by atoms with Gasteiger partial charge >= 0.3 is 5.97 Å². The van der Waals surface area contributed by atoms with Crippen LogP contribution in [0.15, 0.2) is 12.1 Å². The first kappa shape index (κ1) is 14.8. The maximum absolute atomic E-state index is 13.5. The first-order valence-electron chi connectivity index (χ1n) is 7.03. The lowest BCUT2D eigenvalue weighted by Crippen LogP contribution is -2.22. The number of likely N-dealkylation sites (tertiary alicyclic amines) is 1. The van der Waals surface area contributed by atoms with E-state index in [1.54, 1.807) is 6.92 Å². The van der Waals surface area contributed by atoms with Crippen LogP contribution in [-0.4, -0.2) is 37.1 Å². The first-order chi connectivity index (χ1) is 9.58. The van der Waals surface area contributed by atoms with Crippen LogP contribution in [-0.2, 0) is 4.74 Å². The van der Waals surface area contributed by atoms with Gasteiger partial charge in [0.2, 0.25) is 0 Å². The Balaban J connectivity index is 1.79. The van der Waals surface area contributed by atoms with E-state index in [9.17, 15) is 9.18 Å². The van der Waals surface area contributed by atoms with E-state index in [2.05, 4.69) is 4.90 Å². The number of anilines is 1. The van der Waals surface area contributed by atoms with Crippen molar-refractivity contribution in [1.82, 2.24) is 4.90 Å². The molecule has 0 bridgehead atoms. The molecule has 110 valence electrons. The number of rotatable bonds is 5. The molecule has 2 rings (SSSR count). The predicted octanol–water partition coefficient (Wildman–Crippen LogP) is 2.36. The van der Waals surface area contributed by atoms with Crippen molar-refractivity contribution in [2.45, 2.75) is 26.2 Å². The summed E-state index contributed by atoms with van der Waals surface area (Å²) in [5.41, 5.74) is 6.44. The quantitative estimate of drug-likeness (QED) is 0.511. The second-order valence-electron chi connectivity index (χ2n) is 5.21. The predicted molar refractivity (Wildman–Crippen MR) is 76.1 cm³/mol. The Bertz CT molecular complexity index is 462. The largest absolute Gasteiger partial charge is 0.462 e. The molecule has 1 fully saturated rings. The fourth-order valence-corrected chi connectivity index (χ4v) is 2.36. The summed E-state index contributed by atoms with van der Waals surface area (Å²) in [6, 6.07) is 2.63. The third kappa shape index (κ3) is 3.70. The minimum absolute atomic E-state index is 0.173. The molecule has 0 saturated carbocycles. The van der Waals surface area contributed by atoms with Crippen LogP contribution in [0.4, 0.5) is 10.1 Å². The van der Waals surface area contributed by atoms with Gasteiger partial charge in [-0.15, -0.1) is 0 Å². The average molecular weight is 280 g/mol. The van der Waals surface area contributed by atoms with Gasteiger partial charge in [0.05, 0.1) is 12.2 Å². The Kier molecular flexibility index (Phi) is 4.95. The summed E-state index contributed by atoms with van der Waals surface area (Å²) >= 11 is 0. The second-order valence-corrected chi connectivity index (χ2v) is 5.21. The van der Waals surface area contributed by atoms with E-state index in [4.69, 9.17) is 10.5 Å². The number of nitrogens with two attached hydrogens (primary N) is 1. The van der Waals surface area contributed by atoms with Crippen LogP contribution >= 0.6 is 0 Å². The maximum Gasteiger partial charge on any atom is 0.338 e. The third-order valence-electron chi connectivity index (χ3n) is 3.67. The highest BCUT2D eigenvalue weighted by Crippen LogP contribution is 2.18. The van der Waals surface area contributed by atoms with Crippen LogP contribution in [0.5, 0.6) is 0 Å². The minimum atomic E-state index is -0.517. The standard InChI is InChI=1S/C15H21FN2O2/c1-11-13(16)9-12(10-14(11)17)15(19)20-8-4-7-18-5-2-3-6-18/h9-10H,2-8,17H2,1H3. The fourth-order valence-electron chi connectivity index (χ4n) is 2.36. The lowest BCUT2D eigenvalue weighted by molar-refractivity contribution is 0.0490. The first-order valence-corrected chi connectivity index (χ1v) is 7.03. The van der Waals surface area contributed by atoms with Crippen molar-refractivity contribution in [3.63, 3.8) is 0 Å². The monoisotopic (exact) mass is 280 g/mol. The van der Waals surface area contributed by atoms with Gasteiger partial charge in [-0.05, 0) is 51.4 Å². The van der Waals surface area contributed by atoms with E-state index in [-0.39, 0.29) is 11.3 Å². The van der Waals surface area contributed by atoms with Crippen LogP contribution in [0.3, 0.4) is 0 Å². The van der Waals surface area contributed by atoms with Crippen molar-refractivity contribution in [2.24, 2.45) is 0 Å². The molecule has 5 heteroatoms. The van der Waals surface area contributed by atoms with Crippen molar-refractivity contribution >= 4 is 11.7 Å². The number of benzene rings is 1. The van der Waals surface area contributed by atoms with Crippen molar-refractivity contribution < 1.29 is 13.9 Å². The molecule has 0 aromatic heterocycles. The van der Waals surface area contributed by atoms with E-state index in [1.165, 1.54) is 25.0 Å². The number of ether oxygens (including phenoxy) is 1. The average Bonchev–Trinajstić information content (AvgIpc) is 2.93. The smallest absolute Gasteiger partial charge is 0.338 e. The van der Waals surface area contributed by atoms with Gasteiger partial charge in [-0.25, -0.2) is 9.18 Å². The molecule has 0 spiro atoms. The summed E-state index contributed by atoms with van der Waals surface area (Å²) in [7, 11) is 0. The fraction of sp³-hybridized carbons (Fsp3) is 0.533. The molecule has 1 saturated heterocycles. The topological polar surface area (TPSA) is 55.6 Å². The molecule has 0 unspecified atom stereocenters. The molecule has 0 amide bonds.